The maximum atomic E-state index is 14.9. The summed E-state index contributed by atoms with van der Waals surface area (Å²) in [5.74, 6) is -0.932. The molecule has 0 fully saturated rings. The van der Waals surface area contributed by atoms with E-state index in [0.29, 0.717) is 10.5 Å². The molecule has 2 unspecified atom stereocenters. The number of pyridine rings is 1. The minimum atomic E-state index is -3.50. The van der Waals surface area contributed by atoms with E-state index in [1.807, 2.05) is 36.6 Å². The van der Waals surface area contributed by atoms with E-state index in [4.69, 9.17) is 0 Å². The van der Waals surface area contributed by atoms with Gasteiger partial charge in [0.15, 0.2) is 15.0 Å². The molecule has 3 aromatic rings. The number of fused-ring (bicyclic) bond motifs is 1. The molecule has 0 saturated carbocycles. The van der Waals surface area contributed by atoms with Gasteiger partial charge in [0, 0.05) is 22.9 Å². The van der Waals surface area contributed by atoms with Gasteiger partial charge in [0.25, 0.3) is 0 Å². The van der Waals surface area contributed by atoms with E-state index in [9.17, 15) is 22.7 Å². The van der Waals surface area contributed by atoms with Crippen LogP contribution in [0, 0.1) is 13.8 Å². The molecule has 10 heteroatoms. The third kappa shape index (κ3) is 4.72. The lowest BCUT2D eigenvalue weighted by atomic mass is 10.1. The van der Waals surface area contributed by atoms with Crippen molar-refractivity contribution in [1.82, 2.24) is 4.40 Å². The predicted molar refractivity (Wildman–Crippen MR) is 124 cm³/mol. The monoisotopic (exact) mass is 485 g/mol. The van der Waals surface area contributed by atoms with Crippen LogP contribution in [-0.2, 0) is 26.2 Å². The van der Waals surface area contributed by atoms with Crippen LogP contribution in [0.1, 0.15) is 22.3 Å². The molecule has 5 nitrogen and oxygen atoms in total. The van der Waals surface area contributed by atoms with E-state index < -0.39 is 21.0 Å². The number of carboxylic acid groups (broad SMARTS) is 1. The molecule has 30 heavy (non-hydrogen) atoms. The Labute approximate surface area is 183 Å². The fraction of sp³-hybridized carbons (Fsp3) is 0.250. The number of aliphatic carboxylic acids is 1. The summed E-state index contributed by atoms with van der Waals surface area (Å²) in [5.41, 5.74) is 3.46. The summed E-state index contributed by atoms with van der Waals surface area (Å²) in [6.07, 6.45) is 2.86. The maximum Gasteiger partial charge on any atom is 0.307 e. The Kier molecular flexibility index (Phi) is 6.37. The topological polar surface area (TPSA) is 75.8 Å². The normalized spacial score (nSPS) is 12.5. The summed E-state index contributed by atoms with van der Waals surface area (Å²) in [4.78, 5) is 12.0. The first-order chi connectivity index (χ1) is 13.8. The molecule has 0 aliphatic heterocycles. The second-order valence-electron chi connectivity index (χ2n) is 7.24. The van der Waals surface area contributed by atoms with Crippen LogP contribution in [0.15, 0.2) is 51.3 Å². The number of alkyl halides is 1. The van der Waals surface area contributed by atoms with E-state index >= 15 is 0 Å². The third-order valence-corrected chi connectivity index (χ3v) is 7.73. The number of aromatic nitrogens is 1. The number of aryl methyl sites for hydroxylation is 1. The van der Waals surface area contributed by atoms with Gasteiger partial charge in [-0.2, -0.15) is 0 Å². The van der Waals surface area contributed by atoms with Crippen molar-refractivity contribution in [2.75, 3.05) is 6.26 Å². The Balaban J connectivity index is 2.23. The highest BCUT2D eigenvalue weighted by atomic mass is 32.2. The summed E-state index contributed by atoms with van der Waals surface area (Å²) in [7, 11) is 0.649. The highest BCUT2D eigenvalue weighted by Crippen LogP contribution is 2.47. The van der Waals surface area contributed by atoms with Crippen molar-refractivity contribution >= 4 is 51.6 Å². The SMILES string of the molecule is Cc1ccc2c(CC(=O)O)c(C)c(Sc3ccc(S(C)(=O)=O)cc3C(F)(P)P)n2c1. The lowest BCUT2D eigenvalue weighted by molar-refractivity contribution is -0.136. The summed E-state index contributed by atoms with van der Waals surface area (Å²) in [6.45, 7) is 3.78. The molecule has 2 aromatic heterocycles. The van der Waals surface area contributed by atoms with Gasteiger partial charge in [-0.05, 0) is 54.8 Å². The molecule has 3 rings (SSSR count). The fourth-order valence-electron chi connectivity index (χ4n) is 3.26. The van der Waals surface area contributed by atoms with Gasteiger partial charge in [0.1, 0.15) is 0 Å². The average molecular weight is 485 g/mol. The van der Waals surface area contributed by atoms with E-state index in [0.717, 1.165) is 27.9 Å². The number of rotatable bonds is 6. The molecular weight excluding hydrogens is 463 g/mol. The first-order valence-electron chi connectivity index (χ1n) is 8.90. The Morgan fingerprint density at radius 2 is 1.90 bits per heavy atom. The van der Waals surface area contributed by atoms with Gasteiger partial charge < -0.3 is 9.51 Å². The van der Waals surface area contributed by atoms with Crippen LogP contribution in [0.2, 0.25) is 0 Å². The lowest BCUT2D eigenvalue weighted by Gasteiger charge is -2.20. The van der Waals surface area contributed by atoms with Gasteiger partial charge in [-0.25, -0.2) is 12.8 Å². The number of carboxylic acids is 1. The number of benzene rings is 1. The molecule has 0 aliphatic carbocycles. The van der Waals surface area contributed by atoms with Crippen LogP contribution in [0.5, 0.6) is 0 Å². The standard InChI is InChI=1S/C20H22FNO4P2S2/c1-11-4-6-16-14(9-18(23)24)12(2)19(22(16)10-11)29-17-7-5-13(30(3,25)26)8-15(17)20(21,27)28/h4-8,10H,9,27-28H2,1-3H3,(H,23,24). The van der Waals surface area contributed by atoms with Gasteiger partial charge in [-0.1, -0.05) is 36.3 Å². The smallest absolute Gasteiger partial charge is 0.307 e. The molecule has 1 aromatic carbocycles. The summed E-state index contributed by atoms with van der Waals surface area (Å²) in [5, 5.41) is 8.17. The van der Waals surface area contributed by atoms with E-state index in [1.54, 1.807) is 6.07 Å². The first kappa shape index (κ1) is 23.2. The van der Waals surface area contributed by atoms with Crippen LogP contribution in [-0.4, -0.2) is 30.2 Å². The van der Waals surface area contributed by atoms with Crippen molar-refractivity contribution in [2.24, 2.45) is 0 Å². The molecule has 0 amide bonds. The van der Waals surface area contributed by atoms with Gasteiger partial charge in [-0.15, -0.1) is 0 Å². The molecule has 0 radical (unpaired) electrons. The van der Waals surface area contributed by atoms with E-state index in [2.05, 4.69) is 18.5 Å². The summed E-state index contributed by atoms with van der Waals surface area (Å²) in [6, 6.07) is 8.18. The van der Waals surface area contributed by atoms with Gasteiger partial charge in [-0.3, -0.25) is 4.79 Å². The Morgan fingerprint density at radius 1 is 1.23 bits per heavy atom. The Morgan fingerprint density at radius 3 is 2.47 bits per heavy atom. The van der Waals surface area contributed by atoms with Gasteiger partial charge >= 0.3 is 5.97 Å². The number of halogens is 1. The predicted octanol–water partition coefficient (Wildman–Crippen LogP) is 4.57. The van der Waals surface area contributed by atoms with Crippen LogP contribution in [0.4, 0.5) is 4.39 Å². The minimum absolute atomic E-state index is 0.0351. The number of sulfone groups is 1. The van der Waals surface area contributed by atoms with Crippen LogP contribution >= 0.6 is 30.2 Å². The quantitative estimate of drug-likeness (QED) is 0.518. The molecule has 2 atom stereocenters. The number of nitrogens with zero attached hydrogens (tertiary/aromatic N) is 1. The maximum absolute atomic E-state index is 14.9. The Hall–Kier alpha value is -1.46. The lowest BCUT2D eigenvalue weighted by Crippen LogP contribution is -2.06. The summed E-state index contributed by atoms with van der Waals surface area (Å²) < 4.78 is 40.8. The number of carbonyl (C=O) groups is 1. The molecule has 0 bridgehead atoms. The second-order valence-corrected chi connectivity index (χ2v) is 12.6. The van der Waals surface area contributed by atoms with Crippen molar-refractivity contribution in [1.29, 1.82) is 0 Å². The highest BCUT2D eigenvalue weighted by Gasteiger charge is 2.27. The van der Waals surface area contributed by atoms with Crippen molar-refractivity contribution in [2.45, 2.75) is 40.2 Å². The zero-order valence-corrected chi connectivity index (χ0v) is 20.6. The Bertz CT molecular complexity index is 1260. The molecule has 0 saturated heterocycles. The van der Waals surface area contributed by atoms with Crippen molar-refractivity contribution in [3.05, 3.63) is 58.8 Å². The second kappa shape index (κ2) is 8.23. The molecular formula is C20H22FNO4P2S2. The highest BCUT2D eigenvalue weighted by molar-refractivity contribution is 7.99. The van der Waals surface area contributed by atoms with E-state index in [1.165, 1.54) is 23.9 Å². The van der Waals surface area contributed by atoms with E-state index in [-0.39, 0.29) is 16.9 Å². The number of hydrogen-bond acceptors (Lipinski definition) is 4. The van der Waals surface area contributed by atoms with Crippen molar-refractivity contribution in [3.8, 4) is 0 Å². The van der Waals surface area contributed by atoms with Crippen molar-refractivity contribution < 1.29 is 22.7 Å². The molecule has 2 heterocycles. The number of hydrogen-bond donors (Lipinski definition) is 1. The average Bonchev–Trinajstić information content (AvgIpc) is 2.85. The van der Waals surface area contributed by atoms with Crippen molar-refractivity contribution in [3.63, 3.8) is 0 Å². The summed E-state index contributed by atoms with van der Waals surface area (Å²) >= 11 is 1.28. The molecule has 0 spiro atoms. The van der Waals surface area contributed by atoms with Crippen LogP contribution in [0.25, 0.3) is 5.52 Å². The molecule has 160 valence electrons. The van der Waals surface area contributed by atoms with Gasteiger partial charge in [0.2, 0.25) is 0 Å². The molecule has 0 aliphatic rings. The first-order valence-corrected chi connectivity index (χ1v) is 12.8. The minimum Gasteiger partial charge on any atom is -0.481 e. The third-order valence-electron chi connectivity index (χ3n) is 4.72. The fourth-order valence-corrected chi connectivity index (χ4v) is 5.78. The van der Waals surface area contributed by atoms with Crippen LogP contribution in [0.3, 0.4) is 0 Å². The molecule has 1 N–H and O–H groups in total. The zero-order valence-electron chi connectivity index (χ0n) is 16.6. The largest absolute Gasteiger partial charge is 0.481 e. The van der Waals surface area contributed by atoms with Gasteiger partial charge in [0.05, 0.1) is 21.9 Å². The van der Waals surface area contributed by atoms with Crippen LogP contribution < -0.4 is 0 Å². The zero-order chi connectivity index (χ0) is 22.4.